The van der Waals surface area contributed by atoms with Crippen LogP contribution < -0.4 is 0 Å². The summed E-state index contributed by atoms with van der Waals surface area (Å²) in [6.07, 6.45) is 2.40. The molecule has 0 aromatic heterocycles. The molecule has 0 radical (unpaired) electrons. The van der Waals surface area contributed by atoms with Crippen molar-refractivity contribution in [3.05, 3.63) is 0 Å². The minimum absolute atomic E-state index is 0.0330. The Morgan fingerprint density at radius 3 is 2.44 bits per heavy atom. The van der Waals surface area contributed by atoms with E-state index >= 15 is 0 Å². The average Bonchev–Trinajstić information content (AvgIpc) is 2.50. The number of ether oxygens (including phenoxy) is 1. The molecule has 0 saturated heterocycles. The second kappa shape index (κ2) is 2.38. The van der Waals surface area contributed by atoms with Gasteiger partial charge in [0.25, 0.3) is 0 Å². The molecule has 52 valence electrons. The van der Waals surface area contributed by atoms with Crippen molar-refractivity contribution in [3.8, 4) is 0 Å². The van der Waals surface area contributed by atoms with E-state index in [4.69, 9.17) is 4.74 Å². The maximum atomic E-state index is 10.8. The van der Waals surface area contributed by atoms with E-state index in [0.29, 0.717) is 0 Å². The monoisotopic (exact) mass is 128 g/mol. The molecule has 0 amide bonds. The Bertz CT molecular complexity index is 114. The quantitative estimate of drug-likeness (QED) is 0.525. The summed E-state index contributed by atoms with van der Waals surface area (Å²) in [6.45, 7) is 3.70. The molecule has 1 saturated carbocycles. The first kappa shape index (κ1) is 6.59. The van der Waals surface area contributed by atoms with Gasteiger partial charge in [-0.3, -0.25) is 4.79 Å². The zero-order chi connectivity index (χ0) is 6.85. The molecule has 0 atom stereocenters. The molecule has 1 fully saturated rings. The minimum atomic E-state index is -0.0579. The second-order valence-corrected chi connectivity index (χ2v) is 2.79. The molecule has 1 aliphatic carbocycles. The van der Waals surface area contributed by atoms with Crippen LogP contribution in [-0.2, 0) is 9.53 Å². The topological polar surface area (TPSA) is 26.3 Å². The van der Waals surface area contributed by atoms with E-state index in [1.807, 2.05) is 13.8 Å². The summed E-state index contributed by atoms with van der Waals surface area (Å²) in [5.74, 6) is -0.0249. The summed E-state index contributed by atoms with van der Waals surface area (Å²) in [6, 6.07) is 0. The van der Waals surface area contributed by atoms with E-state index < -0.39 is 0 Å². The van der Waals surface area contributed by atoms with Crippen LogP contribution >= 0.6 is 0 Å². The van der Waals surface area contributed by atoms with Gasteiger partial charge < -0.3 is 4.74 Å². The largest absolute Gasteiger partial charge is 0.462 e. The Morgan fingerprint density at radius 2 is 2.11 bits per heavy atom. The molecule has 1 aliphatic rings. The van der Waals surface area contributed by atoms with Crippen LogP contribution in [0.5, 0.6) is 0 Å². The molecule has 0 spiro atoms. The number of carbonyl (C=O) groups is 1. The van der Waals surface area contributed by atoms with E-state index in [1.54, 1.807) is 0 Å². The van der Waals surface area contributed by atoms with Gasteiger partial charge in [-0.2, -0.15) is 0 Å². The van der Waals surface area contributed by atoms with Crippen molar-refractivity contribution in [3.63, 3.8) is 0 Å². The van der Waals surface area contributed by atoms with Crippen molar-refractivity contribution in [1.82, 2.24) is 0 Å². The molecule has 0 unspecified atom stereocenters. The third-order valence-electron chi connectivity index (χ3n) is 1.28. The Labute approximate surface area is 55.2 Å². The number of esters is 1. The molecule has 0 aromatic rings. The van der Waals surface area contributed by atoms with Crippen LogP contribution in [-0.4, -0.2) is 12.1 Å². The summed E-state index contributed by atoms with van der Waals surface area (Å²) in [7, 11) is 0. The zero-order valence-corrected chi connectivity index (χ0v) is 5.89. The third-order valence-corrected chi connectivity index (χ3v) is 1.28. The predicted molar refractivity (Wildman–Crippen MR) is 34.0 cm³/mol. The number of hydrogen-bond acceptors (Lipinski definition) is 2. The van der Waals surface area contributed by atoms with Gasteiger partial charge in [-0.15, -0.1) is 0 Å². The highest BCUT2D eigenvalue weighted by molar-refractivity contribution is 5.71. The van der Waals surface area contributed by atoms with Gasteiger partial charge in [0.1, 0.15) is 6.10 Å². The smallest absolute Gasteiger partial charge is 0.308 e. The van der Waals surface area contributed by atoms with Gasteiger partial charge in [0.2, 0.25) is 0 Å². The molecular formula is C7H12O2. The van der Waals surface area contributed by atoms with Crippen LogP contribution in [0, 0.1) is 5.92 Å². The van der Waals surface area contributed by atoms with Gasteiger partial charge in [-0.25, -0.2) is 0 Å². The summed E-state index contributed by atoms with van der Waals surface area (Å²) < 4.78 is 4.98. The minimum Gasteiger partial charge on any atom is -0.462 e. The lowest BCUT2D eigenvalue weighted by molar-refractivity contribution is -0.148. The molecule has 0 heterocycles. The van der Waals surface area contributed by atoms with Gasteiger partial charge in [0, 0.05) is 0 Å². The molecule has 0 N–H and O–H groups in total. The summed E-state index contributed by atoms with van der Waals surface area (Å²) in [4.78, 5) is 10.8. The van der Waals surface area contributed by atoms with Crippen molar-refractivity contribution < 1.29 is 9.53 Å². The van der Waals surface area contributed by atoms with Crippen LogP contribution in [0.4, 0.5) is 0 Å². The fourth-order valence-electron chi connectivity index (χ4n) is 0.486. The first-order valence-electron chi connectivity index (χ1n) is 3.40. The highest BCUT2D eigenvalue weighted by atomic mass is 16.5. The van der Waals surface area contributed by atoms with Crippen molar-refractivity contribution >= 4 is 5.97 Å². The summed E-state index contributed by atoms with van der Waals surface area (Å²) in [5.41, 5.74) is 0. The Balaban J connectivity index is 2.17. The van der Waals surface area contributed by atoms with Gasteiger partial charge in [-0.1, -0.05) is 13.8 Å². The van der Waals surface area contributed by atoms with Gasteiger partial charge in [-0.05, 0) is 12.8 Å². The molecule has 2 nitrogen and oxygen atoms in total. The van der Waals surface area contributed by atoms with E-state index in [2.05, 4.69) is 0 Å². The summed E-state index contributed by atoms with van der Waals surface area (Å²) in [5, 5.41) is 0. The lowest BCUT2D eigenvalue weighted by Gasteiger charge is -2.03. The fourth-order valence-corrected chi connectivity index (χ4v) is 0.486. The molecule has 9 heavy (non-hydrogen) atoms. The third kappa shape index (κ3) is 2.04. The highest BCUT2D eigenvalue weighted by Gasteiger charge is 2.26. The van der Waals surface area contributed by atoms with Crippen LogP contribution in [0.15, 0.2) is 0 Å². The van der Waals surface area contributed by atoms with Crippen molar-refractivity contribution in [2.45, 2.75) is 32.8 Å². The highest BCUT2D eigenvalue weighted by Crippen LogP contribution is 2.24. The Morgan fingerprint density at radius 1 is 1.56 bits per heavy atom. The first-order valence-corrected chi connectivity index (χ1v) is 3.40. The van der Waals surface area contributed by atoms with Crippen LogP contribution in [0.25, 0.3) is 0 Å². The average molecular weight is 128 g/mol. The number of carbonyl (C=O) groups excluding carboxylic acids is 1. The molecule has 1 rings (SSSR count). The predicted octanol–water partition coefficient (Wildman–Crippen LogP) is 1.35. The molecular weight excluding hydrogens is 116 g/mol. The lowest BCUT2D eigenvalue weighted by atomic mass is 10.2. The molecule has 0 aromatic carbocycles. The van der Waals surface area contributed by atoms with Crippen molar-refractivity contribution in [2.24, 2.45) is 5.92 Å². The van der Waals surface area contributed by atoms with Crippen LogP contribution in [0.2, 0.25) is 0 Å². The van der Waals surface area contributed by atoms with Gasteiger partial charge in [0.05, 0.1) is 5.92 Å². The number of rotatable bonds is 2. The fraction of sp³-hybridized carbons (Fsp3) is 0.857. The van der Waals surface area contributed by atoms with Gasteiger partial charge in [0.15, 0.2) is 0 Å². The zero-order valence-electron chi connectivity index (χ0n) is 5.89. The van der Waals surface area contributed by atoms with Crippen molar-refractivity contribution in [1.29, 1.82) is 0 Å². The Hall–Kier alpha value is -0.530. The maximum Gasteiger partial charge on any atom is 0.308 e. The van der Waals surface area contributed by atoms with E-state index in [0.717, 1.165) is 12.8 Å². The first-order chi connectivity index (χ1) is 4.20. The normalized spacial score (nSPS) is 18.1. The van der Waals surface area contributed by atoms with E-state index in [1.165, 1.54) is 0 Å². The van der Waals surface area contributed by atoms with Crippen LogP contribution in [0.3, 0.4) is 0 Å². The lowest BCUT2D eigenvalue weighted by Crippen LogP contribution is -2.12. The standard InChI is InChI=1S/C7H12O2/c1-5(2)7(8)9-6-3-4-6/h5-6H,3-4H2,1-2H3. The maximum absolute atomic E-state index is 10.8. The number of hydrogen-bond donors (Lipinski definition) is 0. The second-order valence-electron chi connectivity index (χ2n) is 2.79. The Kier molecular flexibility index (Phi) is 1.74. The molecule has 2 heteroatoms. The van der Waals surface area contributed by atoms with E-state index in [9.17, 15) is 4.79 Å². The molecule has 0 bridgehead atoms. The SMILES string of the molecule is CC(C)C(=O)OC1CC1. The van der Waals surface area contributed by atoms with Crippen LogP contribution in [0.1, 0.15) is 26.7 Å². The molecule has 0 aliphatic heterocycles. The summed E-state index contributed by atoms with van der Waals surface area (Å²) >= 11 is 0. The van der Waals surface area contributed by atoms with Gasteiger partial charge >= 0.3 is 5.97 Å². The van der Waals surface area contributed by atoms with E-state index in [-0.39, 0.29) is 18.0 Å². The van der Waals surface area contributed by atoms with Crippen molar-refractivity contribution in [2.75, 3.05) is 0 Å².